The second-order valence-corrected chi connectivity index (χ2v) is 6.53. The Morgan fingerprint density at radius 1 is 1.16 bits per heavy atom. The summed E-state index contributed by atoms with van der Waals surface area (Å²) in [6.07, 6.45) is 3.72. The summed E-state index contributed by atoms with van der Waals surface area (Å²) >= 11 is 0. The Kier molecular flexibility index (Phi) is 6.07. The number of hydrogen-bond acceptors (Lipinski definition) is 3. The fraction of sp³-hybridized carbons (Fsp3) is 0.381. The van der Waals surface area contributed by atoms with Crippen LogP contribution in [0.5, 0.6) is 0 Å². The average molecular weight is 338 g/mol. The second-order valence-electron chi connectivity index (χ2n) is 6.53. The number of methoxy groups -OCH3 is 1. The lowest BCUT2D eigenvalue weighted by Crippen LogP contribution is -2.22. The van der Waals surface area contributed by atoms with Crippen molar-refractivity contribution in [1.29, 1.82) is 0 Å². The molecule has 1 N–H and O–H groups in total. The van der Waals surface area contributed by atoms with Crippen molar-refractivity contribution in [1.82, 2.24) is 0 Å². The van der Waals surface area contributed by atoms with Gasteiger partial charge >= 0.3 is 0 Å². The minimum Gasteiger partial charge on any atom is -0.380 e. The van der Waals surface area contributed by atoms with E-state index in [1.165, 1.54) is 11.3 Å². The highest BCUT2D eigenvalue weighted by molar-refractivity contribution is 5.90. The van der Waals surface area contributed by atoms with Crippen LogP contribution in [-0.2, 0) is 16.0 Å². The van der Waals surface area contributed by atoms with Crippen LogP contribution in [0.1, 0.15) is 24.8 Å². The summed E-state index contributed by atoms with van der Waals surface area (Å²) in [6, 6.07) is 18.4. The van der Waals surface area contributed by atoms with Gasteiger partial charge in [0.25, 0.3) is 0 Å². The van der Waals surface area contributed by atoms with Gasteiger partial charge in [0.15, 0.2) is 0 Å². The van der Waals surface area contributed by atoms with Crippen molar-refractivity contribution in [3.63, 3.8) is 0 Å². The van der Waals surface area contributed by atoms with E-state index in [4.69, 9.17) is 4.74 Å². The summed E-state index contributed by atoms with van der Waals surface area (Å²) in [6.45, 7) is 1.95. The van der Waals surface area contributed by atoms with Gasteiger partial charge in [-0.25, -0.2) is 0 Å². The van der Waals surface area contributed by atoms with E-state index in [2.05, 4.69) is 34.5 Å². The van der Waals surface area contributed by atoms with E-state index < -0.39 is 0 Å². The third-order valence-corrected chi connectivity index (χ3v) is 4.71. The molecule has 1 saturated heterocycles. The Morgan fingerprint density at radius 2 is 1.92 bits per heavy atom. The fourth-order valence-corrected chi connectivity index (χ4v) is 3.23. The smallest absolute Gasteiger partial charge is 0.224 e. The van der Waals surface area contributed by atoms with Gasteiger partial charge in [-0.2, -0.15) is 0 Å². The number of anilines is 2. The van der Waals surface area contributed by atoms with Gasteiger partial charge in [-0.3, -0.25) is 4.79 Å². The number of rotatable bonds is 7. The molecule has 4 nitrogen and oxygen atoms in total. The van der Waals surface area contributed by atoms with Crippen LogP contribution in [-0.4, -0.2) is 32.2 Å². The van der Waals surface area contributed by atoms with E-state index >= 15 is 0 Å². The number of nitrogens with one attached hydrogen (secondary N) is 1. The third-order valence-electron chi connectivity index (χ3n) is 4.71. The van der Waals surface area contributed by atoms with Crippen molar-refractivity contribution in [2.45, 2.75) is 31.8 Å². The van der Waals surface area contributed by atoms with Crippen LogP contribution in [0, 0.1) is 0 Å². The molecule has 0 radical (unpaired) electrons. The number of amides is 1. The molecular weight excluding hydrogens is 312 g/mol. The van der Waals surface area contributed by atoms with Crippen molar-refractivity contribution in [3.8, 4) is 0 Å². The molecule has 0 saturated carbocycles. The van der Waals surface area contributed by atoms with Gasteiger partial charge in [-0.1, -0.05) is 30.3 Å². The van der Waals surface area contributed by atoms with E-state index in [9.17, 15) is 4.79 Å². The van der Waals surface area contributed by atoms with Crippen LogP contribution in [0.2, 0.25) is 0 Å². The van der Waals surface area contributed by atoms with E-state index in [0.29, 0.717) is 12.5 Å². The Labute approximate surface area is 149 Å². The van der Waals surface area contributed by atoms with E-state index in [-0.39, 0.29) is 5.91 Å². The van der Waals surface area contributed by atoms with Crippen molar-refractivity contribution < 1.29 is 9.53 Å². The van der Waals surface area contributed by atoms with Crippen LogP contribution in [0.4, 0.5) is 11.4 Å². The standard InChI is InChI=1S/C21H26N2O2/c1-25-20-14-15-23(16-20)19-12-10-18(11-13-19)22-21(24)9-5-8-17-6-3-2-4-7-17/h2-4,6-7,10-13,20H,5,8-9,14-16H2,1H3,(H,22,24). The lowest BCUT2D eigenvalue weighted by molar-refractivity contribution is -0.116. The van der Waals surface area contributed by atoms with Crippen molar-refractivity contribution in [2.75, 3.05) is 30.4 Å². The van der Waals surface area contributed by atoms with Gasteiger partial charge in [-0.15, -0.1) is 0 Å². The topological polar surface area (TPSA) is 41.6 Å². The largest absolute Gasteiger partial charge is 0.380 e. The van der Waals surface area contributed by atoms with Gasteiger partial charge in [0.2, 0.25) is 5.91 Å². The molecule has 1 amide bonds. The normalized spacial score (nSPS) is 16.8. The number of aryl methyl sites for hydroxylation is 1. The lowest BCUT2D eigenvalue weighted by atomic mass is 10.1. The van der Waals surface area contributed by atoms with Crippen molar-refractivity contribution >= 4 is 17.3 Å². The van der Waals surface area contributed by atoms with Crippen LogP contribution in [0.15, 0.2) is 54.6 Å². The highest BCUT2D eigenvalue weighted by Gasteiger charge is 2.22. The molecule has 1 fully saturated rings. The summed E-state index contributed by atoms with van der Waals surface area (Å²) in [5.41, 5.74) is 3.32. The average Bonchev–Trinajstić information content (AvgIpc) is 3.12. The second kappa shape index (κ2) is 8.67. The molecule has 132 valence electrons. The number of ether oxygens (including phenoxy) is 1. The predicted molar refractivity (Wildman–Crippen MR) is 102 cm³/mol. The summed E-state index contributed by atoms with van der Waals surface area (Å²) in [4.78, 5) is 14.4. The highest BCUT2D eigenvalue weighted by Crippen LogP contribution is 2.23. The van der Waals surface area contributed by atoms with Gasteiger partial charge < -0.3 is 15.0 Å². The molecule has 2 aromatic carbocycles. The van der Waals surface area contributed by atoms with Gasteiger partial charge in [0, 0.05) is 38.0 Å². The van der Waals surface area contributed by atoms with E-state index in [1.807, 2.05) is 30.3 Å². The molecule has 1 aliphatic heterocycles. The lowest BCUT2D eigenvalue weighted by Gasteiger charge is -2.18. The first kappa shape index (κ1) is 17.5. The third kappa shape index (κ3) is 5.07. The summed E-state index contributed by atoms with van der Waals surface area (Å²) < 4.78 is 5.41. The van der Waals surface area contributed by atoms with Crippen molar-refractivity contribution in [3.05, 3.63) is 60.2 Å². The van der Waals surface area contributed by atoms with Crippen LogP contribution >= 0.6 is 0 Å². The quantitative estimate of drug-likeness (QED) is 0.833. The maximum atomic E-state index is 12.1. The Balaban J connectivity index is 1.44. The zero-order valence-electron chi connectivity index (χ0n) is 14.8. The molecule has 1 atom stereocenters. The fourth-order valence-electron chi connectivity index (χ4n) is 3.23. The Hall–Kier alpha value is -2.33. The van der Waals surface area contributed by atoms with Crippen LogP contribution in [0.3, 0.4) is 0 Å². The van der Waals surface area contributed by atoms with Crippen molar-refractivity contribution in [2.24, 2.45) is 0 Å². The maximum Gasteiger partial charge on any atom is 0.224 e. The summed E-state index contributed by atoms with van der Waals surface area (Å²) in [5.74, 6) is 0.0734. The molecule has 0 spiro atoms. The molecule has 1 heterocycles. The van der Waals surface area contributed by atoms with Gasteiger partial charge in [-0.05, 0) is 49.1 Å². The minimum absolute atomic E-state index is 0.0734. The Morgan fingerprint density at radius 3 is 2.60 bits per heavy atom. The number of benzene rings is 2. The molecule has 0 aliphatic carbocycles. The summed E-state index contributed by atoms with van der Waals surface area (Å²) in [5, 5.41) is 2.98. The number of carbonyl (C=O) groups excluding carboxylic acids is 1. The first-order chi connectivity index (χ1) is 12.2. The molecule has 0 aromatic heterocycles. The van der Waals surface area contributed by atoms with Gasteiger partial charge in [0.1, 0.15) is 0 Å². The first-order valence-electron chi connectivity index (χ1n) is 8.96. The Bertz CT molecular complexity index is 670. The molecular formula is C21H26N2O2. The zero-order chi connectivity index (χ0) is 17.5. The predicted octanol–water partition coefficient (Wildman–Crippen LogP) is 3.87. The molecule has 2 aromatic rings. The zero-order valence-corrected chi connectivity index (χ0v) is 14.8. The molecule has 1 unspecified atom stereocenters. The monoisotopic (exact) mass is 338 g/mol. The van der Waals surface area contributed by atoms with Crippen LogP contribution < -0.4 is 10.2 Å². The number of hydrogen-bond donors (Lipinski definition) is 1. The molecule has 3 rings (SSSR count). The first-order valence-corrected chi connectivity index (χ1v) is 8.96. The highest BCUT2D eigenvalue weighted by atomic mass is 16.5. The molecule has 1 aliphatic rings. The SMILES string of the molecule is COC1CCN(c2ccc(NC(=O)CCCc3ccccc3)cc2)C1. The molecule has 4 heteroatoms. The maximum absolute atomic E-state index is 12.1. The number of carbonyl (C=O) groups is 1. The van der Waals surface area contributed by atoms with Gasteiger partial charge in [0.05, 0.1) is 6.10 Å². The summed E-state index contributed by atoms with van der Waals surface area (Å²) in [7, 11) is 1.77. The van der Waals surface area contributed by atoms with Crippen LogP contribution in [0.25, 0.3) is 0 Å². The minimum atomic E-state index is 0.0734. The number of nitrogens with zero attached hydrogens (tertiary/aromatic N) is 1. The molecule has 0 bridgehead atoms. The molecule has 25 heavy (non-hydrogen) atoms. The van der Waals surface area contributed by atoms with E-state index in [0.717, 1.165) is 38.0 Å². The van der Waals surface area contributed by atoms with E-state index in [1.54, 1.807) is 7.11 Å².